The molecule has 0 amide bonds. The van der Waals surface area contributed by atoms with Gasteiger partial charge in [-0.3, -0.25) is 0 Å². The van der Waals surface area contributed by atoms with Gasteiger partial charge in [0.05, 0.1) is 67.1 Å². The zero-order valence-electron chi connectivity index (χ0n) is 28.9. The summed E-state index contributed by atoms with van der Waals surface area (Å²) in [6.45, 7) is -0.604. The van der Waals surface area contributed by atoms with E-state index in [4.69, 9.17) is 47.4 Å². The van der Waals surface area contributed by atoms with Crippen LogP contribution in [-0.2, 0) is 18.9 Å². The van der Waals surface area contributed by atoms with Crippen molar-refractivity contribution in [3.8, 4) is 34.5 Å². The average Bonchev–Trinajstić information content (AvgIpc) is 3.78. The number of methoxy groups -OCH3 is 4. The molecule has 8 N–H and O–H groups in total. The van der Waals surface area contributed by atoms with Crippen molar-refractivity contribution < 1.29 is 88.2 Å². The monoisotopic (exact) mass is 742 g/mol. The molecule has 2 aromatic rings. The first kappa shape index (κ1) is 38.5. The summed E-state index contributed by atoms with van der Waals surface area (Å²) in [5.41, 5.74) is 1.37. The minimum Gasteiger partial charge on any atom is -0.493 e. The molecule has 4 saturated heterocycles. The van der Waals surface area contributed by atoms with Gasteiger partial charge in [0.1, 0.15) is 48.8 Å². The van der Waals surface area contributed by atoms with Gasteiger partial charge in [-0.2, -0.15) is 0 Å². The zero-order chi connectivity index (χ0) is 37.4. The molecule has 4 heterocycles. The highest BCUT2D eigenvalue weighted by Crippen LogP contribution is 2.54. The molecule has 5 unspecified atom stereocenters. The molecule has 0 bridgehead atoms. The van der Waals surface area contributed by atoms with Gasteiger partial charge >= 0.3 is 0 Å². The summed E-state index contributed by atoms with van der Waals surface area (Å²) in [6.07, 6.45) is -15.9. The van der Waals surface area contributed by atoms with Gasteiger partial charge < -0.3 is 88.2 Å². The standard InChI is InChI=1S/C34H46O18/c1-43-17-5-13(6-18(44-2)31(17)51-33-27(41)25(39)23(37)21(9-35)49-33)29-15-11-48-30(16(15)12-47-29)14-7-19(45-3)32(20(8-14)46-4)52-34-28(42)26(40)24(38)22(10-36)50-34/h5-8,15-16,21-30,33-42H,9-12H2,1-4H3/t15?,16?,21-,22?,23-,24-,25+,26+,27-,28-,29?,30?,33-,34-/m1/s1. The second kappa shape index (κ2) is 16.0. The van der Waals surface area contributed by atoms with Crippen LogP contribution >= 0.6 is 0 Å². The Bertz CT molecular complexity index is 1360. The van der Waals surface area contributed by atoms with Crippen LogP contribution in [0.4, 0.5) is 0 Å². The summed E-state index contributed by atoms with van der Waals surface area (Å²) in [4.78, 5) is 0. The number of ether oxygens (including phenoxy) is 10. The van der Waals surface area contributed by atoms with Gasteiger partial charge in [-0.15, -0.1) is 0 Å². The number of hydrogen-bond acceptors (Lipinski definition) is 18. The predicted molar refractivity (Wildman–Crippen MR) is 172 cm³/mol. The largest absolute Gasteiger partial charge is 0.493 e. The molecule has 18 nitrogen and oxygen atoms in total. The SMILES string of the molecule is COc1cc(C2OCC3C(c4cc(OC)c(O[C@H]5OC(CO)[C@@H](O)[C@H](O)[C@H]5O)c(OC)c4)OCC23)cc(OC)c1O[C@H]1O[C@H](CO)[C@@H](O)[C@H](O)[C@H]1O. The zero-order valence-corrected chi connectivity index (χ0v) is 28.9. The van der Waals surface area contributed by atoms with Crippen LogP contribution < -0.4 is 28.4 Å². The number of aliphatic hydroxyl groups excluding tert-OH is 8. The smallest absolute Gasteiger partial charge is 0.229 e. The molecule has 18 heteroatoms. The summed E-state index contributed by atoms with van der Waals surface area (Å²) in [7, 11) is 5.66. The fraction of sp³-hybridized carbons (Fsp3) is 0.647. The lowest BCUT2D eigenvalue weighted by molar-refractivity contribution is -0.277. The molecule has 4 fully saturated rings. The van der Waals surface area contributed by atoms with Crippen molar-refractivity contribution in [3.63, 3.8) is 0 Å². The Hall–Kier alpha value is -3.24. The summed E-state index contributed by atoms with van der Waals surface area (Å²) in [5, 5.41) is 81.0. The van der Waals surface area contributed by atoms with Crippen molar-refractivity contribution in [2.45, 2.75) is 73.6 Å². The first-order chi connectivity index (χ1) is 25.0. The Morgan fingerprint density at radius 3 is 1.13 bits per heavy atom. The Morgan fingerprint density at radius 2 is 0.846 bits per heavy atom. The first-order valence-electron chi connectivity index (χ1n) is 16.7. The fourth-order valence-electron chi connectivity index (χ4n) is 7.16. The molecular weight excluding hydrogens is 696 g/mol. The van der Waals surface area contributed by atoms with Crippen molar-refractivity contribution in [1.82, 2.24) is 0 Å². The number of aliphatic hydroxyl groups is 8. The van der Waals surface area contributed by atoms with Crippen molar-refractivity contribution in [1.29, 1.82) is 0 Å². The van der Waals surface area contributed by atoms with Crippen LogP contribution in [0.2, 0.25) is 0 Å². The van der Waals surface area contributed by atoms with Crippen LogP contribution in [0.1, 0.15) is 23.3 Å². The van der Waals surface area contributed by atoms with E-state index in [0.717, 1.165) is 0 Å². The lowest BCUT2D eigenvalue weighted by Gasteiger charge is -2.39. The van der Waals surface area contributed by atoms with E-state index in [2.05, 4.69) is 0 Å². The maximum atomic E-state index is 10.5. The quantitative estimate of drug-likeness (QED) is 0.119. The van der Waals surface area contributed by atoms with Crippen LogP contribution in [0.5, 0.6) is 34.5 Å². The van der Waals surface area contributed by atoms with Gasteiger partial charge in [-0.25, -0.2) is 0 Å². The highest BCUT2D eigenvalue weighted by Gasteiger charge is 2.50. The molecule has 2 aromatic carbocycles. The number of hydrogen-bond donors (Lipinski definition) is 8. The molecule has 0 aliphatic carbocycles. The molecular formula is C34H46O18. The van der Waals surface area contributed by atoms with Gasteiger partial charge in [0, 0.05) is 11.8 Å². The summed E-state index contributed by atoms with van der Waals surface area (Å²) in [5.74, 6) is 0.683. The van der Waals surface area contributed by atoms with Crippen LogP contribution in [0, 0.1) is 11.8 Å². The van der Waals surface area contributed by atoms with E-state index >= 15 is 0 Å². The Balaban J connectivity index is 1.22. The average molecular weight is 743 g/mol. The van der Waals surface area contributed by atoms with Gasteiger partial charge in [0.2, 0.25) is 24.1 Å². The van der Waals surface area contributed by atoms with E-state index in [1.807, 2.05) is 0 Å². The van der Waals surface area contributed by atoms with Gasteiger partial charge in [0.15, 0.2) is 23.0 Å². The van der Waals surface area contributed by atoms with E-state index in [1.165, 1.54) is 28.4 Å². The van der Waals surface area contributed by atoms with Crippen LogP contribution in [0.25, 0.3) is 0 Å². The normalized spacial score (nSPS) is 37.3. The summed E-state index contributed by atoms with van der Waals surface area (Å²) >= 11 is 0. The van der Waals surface area contributed by atoms with Crippen molar-refractivity contribution in [2.24, 2.45) is 11.8 Å². The van der Waals surface area contributed by atoms with E-state index in [0.29, 0.717) is 24.3 Å². The maximum absolute atomic E-state index is 10.5. The molecule has 4 aliphatic rings. The molecule has 0 saturated carbocycles. The molecule has 290 valence electrons. The molecule has 0 spiro atoms. The van der Waals surface area contributed by atoms with Crippen LogP contribution in [-0.4, -0.2) is 157 Å². The second-order valence-corrected chi connectivity index (χ2v) is 13.0. The number of fused-ring (bicyclic) bond motifs is 1. The molecule has 6 rings (SSSR count). The van der Waals surface area contributed by atoms with Gasteiger partial charge in [-0.05, 0) is 35.4 Å². The lowest BCUT2D eigenvalue weighted by Crippen LogP contribution is -2.60. The van der Waals surface area contributed by atoms with E-state index in [9.17, 15) is 40.9 Å². The fourth-order valence-corrected chi connectivity index (χ4v) is 7.16. The van der Waals surface area contributed by atoms with Crippen molar-refractivity contribution in [2.75, 3.05) is 54.9 Å². The van der Waals surface area contributed by atoms with Gasteiger partial charge in [0.25, 0.3) is 0 Å². The van der Waals surface area contributed by atoms with Gasteiger partial charge in [-0.1, -0.05) is 0 Å². The topological polar surface area (TPSA) is 254 Å². The predicted octanol–water partition coefficient (Wildman–Crippen LogP) is -1.85. The Labute approximate surface area is 298 Å². The highest BCUT2D eigenvalue weighted by molar-refractivity contribution is 5.56. The summed E-state index contributed by atoms with van der Waals surface area (Å²) < 4.78 is 58.0. The van der Waals surface area contributed by atoms with Crippen LogP contribution in [0.15, 0.2) is 24.3 Å². The molecule has 0 radical (unpaired) electrons. The van der Waals surface area contributed by atoms with E-state index < -0.39 is 86.8 Å². The van der Waals surface area contributed by atoms with Crippen LogP contribution in [0.3, 0.4) is 0 Å². The summed E-state index contributed by atoms with van der Waals surface area (Å²) in [6, 6.07) is 6.78. The third-order valence-electron chi connectivity index (χ3n) is 10.1. The molecule has 4 aliphatic heterocycles. The highest BCUT2D eigenvalue weighted by atomic mass is 16.7. The first-order valence-corrected chi connectivity index (χ1v) is 16.7. The maximum Gasteiger partial charge on any atom is 0.229 e. The lowest BCUT2D eigenvalue weighted by atomic mass is 9.84. The van der Waals surface area contributed by atoms with Crippen molar-refractivity contribution in [3.05, 3.63) is 35.4 Å². The Morgan fingerprint density at radius 1 is 0.519 bits per heavy atom. The number of benzene rings is 2. The second-order valence-electron chi connectivity index (χ2n) is 13.0. The third-order valence-corrected chi connectivity index (χ3v) is 10.1. The Kier molecular flexibility index (Phi) is 11.8. The minimum absolute atomic E-state index is 0.0541. The van der Waals surface area contributed by atoms with E-state index in [-0.39, 0.29) is 46.3 Å². The third kappa shape index (κ3) is 6.94. The molecule has 0 aromatic heterocycles. The number of rotatable bonds is 12. The molecule has 14 atom stereocenters. The van der Waals surface area contributed by atoms with E-state index in [1.54, 1.807) is 24.3 Å². The van der Waals surface area contributed by atoms with Crippen molar-refractivity contribution >= 4 is 0 Å². The molecule has 52 heavy (non-hydrogen) atoms. The minimum atomic E-state index is -1.65.